The minimum atomic E-state index is -0.685. The molecule has 0 aromatic heterocycles. The van der Waals surface area contributed by atoms with Gasteiger partial charge in [-0.05, 0) is 50.6 Å². The van der Waals surface area contributed by atoms with Crippen molar-refractivity contribution in [2.75, 3.05) is 19.7 Å². The van der Waals surface area contributed by atoms with Gasteiger partial charge in [0, 0.05) is 12.6 Å². The normalized spacial score (nSPS) is 22.5. The monoisotopic (exact) mass is 288 g/mol. The second kappa shape index (κ2) is 7.09. The molecule has 1 aromatic carbocycles. The second-order valence-electron chi connectivity index (χ2n) is 5.43. The number of carboxylic acid groups (broad SMARTS) is 1. The summed E-state index contributed by atoms with van der Waals surface area (Å²) in [5, 5.41) is 17.8. The molecule has 1 heterocycles. The number of hydrogen-bond acceptors (Lipinski definition) is 4. The number of nitrogens with zero attached hydrogens (tertiary/aromatic N) is 2. The summed E-state index contributed by atoms with van der Waals surface area (Å²) in [4.78, 5) is 13.3. The molecule has 1 aromatic rings. The third-order valence-electron chi connectivity index (χ3n) is 3.99. The Morgan fingerprint density at radius 1 is 1.48 bits per heavy atom. The Morgan fingerprint density at radius 3 is 2.76 bits per heavy atom. The van der Waals surface area contributed by atoms with E-state index < -0.39 is 5.97 Å². The predicted octanol–water partition coefficient (Wildman–Crippen LogP) is 2.12. The summed E-state index contributed by atoms with van der Waals surface area (Å²) in [5.41, 5.74) is 0.617. The Bertz CT molecular complexity index is 521. The number of piperidine rings is 1. The Labute approximate surface area is 124 Å². The van der Waals surface area contributed by atoms with Gasteiger partial charge in [-0.15, -0.1) is 0 Å². The molecule has 2 rings (SSSR count). The molecule has 1 N–H and O–H groups in total. The van der Waals surface area contributed by atoms with Crippen LogP contribution < -0.4 is 4.74 Å². The van der Waals surface area contributed by atoms with Crippen molar-refractivity contribution in [3.8, 4) is 11.8 Å². The molecule has 1 aliphatic heterocycles. The van der Waals surface area contributed by atoms with Crippen LogP contribution in [0, 0.1) is 17.2 Å². The number of ether oxygens (including phenoxy) is 1. The van der Waals surface area contributed by atoms with E-state index in [1.54, 1.807) is 24.3 Å². The van der Waals surface area contributed by atoms with Crippen LogP contribution >= 0.6 is 0 Å². The van der Waals surface area contributed by atoms with Crippen molar-refractivity contribution < 1.29 is 14.6 Å². The van der Waals surface area contributed by atoms with Gasteiger partial charge in [-0.3, -0.25) is 9.69 Å². The number of carbonyl (C=O) groups is 1. The van der Waals surface area contributed by atoms with E-state index in [2.05, 4.69) is 17.9 Å². The fourth-order valence-electron chi connectivity index (χ4n) is 2.68. The second-order valence-corrected chi connectivity index (χ2v) is 5.43. The van der Waals surface area contributed by atoms with Gasteiger partial charge in [-0.2, -0.15) is 5.26 Å². The molecule has 0 spiro atoms. The van der Waals surface area contributed by atoms with Crippen molar-refractivity contribution in [1.29, 1.82) is 5.26 Å². The molecule has 0 radical (unpaired) electrons. The molecule has 112 valence electrons. The molecule has 2 unspecified atom stereocenters. The lowest BCUT2D eigenvalue weighted by Gasteiger charge is -2.36. The van der Waals surface area contributed by atoms with Crippen molar-refractivity contribution in [2.24, 2.45) is 5.92 Å². The van der Waals surface area contributed by atoms with E-state index in [9.17, 15) is 4.79 Å². The summed E-state index contributed by atoms with van der Waals surface area (Å²) in [7, 11) is 0. The Kier molecular flexibility index (Phi) is 5.18. The zero-order valence-corrected chi connectivity index (χ0v) is 12.2. The number of likely N-dealkylation sites (tertiary alicyclic amines) is 1. The summed E-state index contributed by atoms with van der Waals surface area (Å²) >= 11 is 0. The lowest BCUT2D eigenvalue weighted by Crippen LogP contribution is -2.44. The van der Waals surface area contributed by atoms with Gasteiger partial charge >= 0.3 is 5.97 Å². The summed E-state index contributed by atoms with van der Waals surface area (Å²) < 4.78 is 5.66. The van der Waals surface area contributed by atoms with Crippen LogP contribution in [0.3, 0.4) is 0 Å². The smallest absolute Gasteiger partial charge is 0.306 e. The van der Waals surface area contributed by atoms with E-state index in [1.807, 2.05) is 0 Å². The summed E-state index contributed by atoms with van der Waals surface area (Å²) in [6, 6.07) is 9.38. The highest BCUT2D eigenvalue weighted by molar-refractivity contribution is 5.70. The first-order valence-corrected chi connectivity index (χ1v) is 7.20. The topological polar surface area (TPSA) is 73.6 Å². The lowest BCUT2D eigenvalue weighted by atomic mass is 9.92. The van der Waals surface area contributed by atoms with E-state index >= 15 is 0 Å². The number of carboxylic acids is 1. The lowest BCUT2D eigenvalue weighted by molar-refractivity contribution is -0.144. The molecule has 1 saturated heterocycles. The van der Waals surface area contributed by atoms with Gasteiger partial charge in [-0.1, -0.05) is 0 Å². The van der Waals surface area contributed by atoms with Gasteiger partial charge in [0.05, 0.1) is 17.6 Å². The van der Waals surface area contributed by atoms with Crippen molar-refractivity contribution in [2.45, 2.75) is 25.8 Å². The van der Waals surface area contributed by atoms with Crippen molar-refractivity contribution in [1.82, 2.24) is 4.90 Å². The summed E-state index contributed by atoms with van der Waals surface area (Å²) in [6.45, 7) is 4.22. The summed E-state index contributed by atoms with van der Waals surface area (Å²) in [6.07, 6.45) is 1.41. The first-order valence-electron chi connectivity index (χ1n) is 7.20. The molecule has 0 saturated carbocycles. The Morgan fingerprint density at radius 2 is 2.19 bits per heavy atom. The number of benzene rings is 1. The van der Waals surface area contributed by atoms with Crippen LogP contribution in [-0.2, 0) is 4.79 Å². The number of nitriles is 1. The zero-order valence-electron chi connectivity index (χ0n) is 12.2. The summed E-state index contributed by atoms with van der Waals surface area (Å²) in [5.74, 6) is -0.145. The molecule has 1 aliphatic rings. The van der Waals surface area contributed by atoms with Crippen LogP contribution in [0.25, 0.3) is 0 Å². The van der Waals surface area contributed by atoms with Crippen LogP contribution in [0.1, 0.15) is 25.3 Å². The van der Waals surface area contributed by atoms with Crippen LogP contribution in [0.4, 0.5) is 0 Å². The molecule has 0 bridgehead atoms. The number of aliphatic carboxylic acids is 1. The molecule has 1 fully saturated rings. The average molecular weight is 288 g/mol. The standard InChI is InChI=1S/C16H20N2O3/c1-12-10-14(16(19)20)6-7-18(12)8-9-21-15-4-2-13(11-17)3-5-15/h2-5,12,14H,6-10H2,1H3,(H,19,20). The van der Waals surface area contributed by atoms with Gasteiger partial charge < -0.3 is 9.84 Å². The minimum Gasteiger partial charge on any atom is -0.492 e. The van der Waals surface area contributed by atoms with Crippen molar-refractivity contribution in [3.63, 3.8) is 0 Å². The average Bonchev–Trinajstić information content (AvgIpc) is 2.49. The van der Waals surface area contributed by atoms with Gasteiger partial charge in [-0.25, -0.2) is 0 Å². The molecular formula is C16H20N2O3. The third-order valence-corrected chi connectivity index (χ3v) is 3.99. The molecule has 5 nitrogen and oxygen atoms in total. The molecule has 2 atom stereocenters. The maximum Gasteiger partial charge on any atom is 0.306 e. The number of rotatable bonds is 5. The van der Waals surface area contributed by atoms with Gasteiger partial charge in [0.15, 0.2) is 0 Å². The van der Waals surface area contributed by atoms with Gasteiger partial charge in [0.1, 0.15) is 12.4 Å². The molecular weight excluding hydrogens is 268 g/mol. The fourth-order valence-corrected chi connectivity index (χ4v) is 2.68. The van der Waals surface area contributed by atoms with Gasteiger partial charge in [0.25, 0.3) is 0 Å². The molecule has 5 heteroatoms. The van der Waals surface area contributed by atoms with Gasteiger partial charge in [0.2, 0.25) is 0 Å². The van der Waals surface area contributed by atoms with Crippen molar-refractivity contribution in [3.05, 3.63) is 29.8 Å². The molecule has 0 aliphatic carbocycles. The third kappa shape index (κ3) is 4.20. The first-order chi connectivity index (χ1) is 10.1. The van der Waals surface area contributed by atoms with E-state index in [-0.39, 0.29) is 12.0 Å². The van der Waals surface area contributed by atoms with Crippen LogP contribution in [0.5, 0.6) is 5.75 Å². The quantitative estimate of drug-likeness (QED) is 0.898. The minimum absolute atomic E-state index is 0.212. The maximum absolute atomic E-state index is 11.0. The van der Waals surface area contributed by atoms with Crippen LogP contribution in [0.2, 0.25) is 0 Å². The van der Waals surface area contributed by atoms with E-state index in [0.717, 1.165) is 18.8 Å². The van der Waals surface area contributed by atoms with Crippen molar-refractivity contribution >= 4 is 5.97 Å². The predicted molar refractivity (Wildman–Crippen MR) is 78.0 cm³/mol. The molecule has 21 heavy (non-hydrogen) atoms. The first kappa shape index (κ1) is 15.3. The van der Waals surface area contributed by atoms with E-state index in [1.165, 1.54) is 0 Å². The highest BCUT2D eigenvalue weighted by atomic mass is 16.5. The molecule has 0 amide bonds. The Hall–Kier alpha value is -2.06. The highest BCUT2D eigenvalue weighted by Crippen LogP contribution is 2.22. The maximum atomic E-state index is 11.0. The Balaban J connectivity index is 1.76. The SMILES string of the molecule is CC1CC(C(=O)O)CCN1CCOc1ccc(C#N)cc1. The highest BCUT2D eigenvalue weighted by Gasteiger charge is 2.29. The zero-order chi connectivity index (χ0) is 15.2. The van der Waals surface area contributed by atoms with Crippen LogP contribution in [-0.4, -0.2) is 41.7 Å². The number of hydrogen-bond donors (Lipinski definition) is 1. The fraction of sp³-hybridized carbons (Fsp3) is 0.500. The van der Waals surface area contributed by atoms with E-state index in [4.69, 9.17) is 15.1 Å². The van der Waals surface area contributed by atoms with Crippen LogP contribution in [0.15, 0.2) is 24.3 Å². The largest absolute Gasteiger partial charge is 0.492 e. The van der Waals surface area contributed by atoms with E-state index in [0.29, 0.717) is 25.0 Å².